The minimum absolute atomic E-state index is 0.00896. The number of rotatable bonds is 6. The summed E-state index contributed by atoms with van der Waals surface area (Å²) in [6, 6.07) is 0. The standard InChI is InChI=1S/C17H26N2O4/c1-8-23-17(22)15-11(4)14(12(5)19(15)7)13(20)9-18(6)16(21)10(2)3/h10H,8-9H2,1-7H3. The zero-order valence-corrected chi connectivity index (χ0v) is 15.0. The lowest BCUT2D eigenvalue weighted by Gasteiger charge is -2.18. The van der Waals surface area contributed by atoms with E-state index in [0.29, 0.717) is 22.5 Å². The predicted molar refractivity (Wildman–Crippen MR) is 87.6 cm³/mol. The van der Waals surface area contributed by atoms with Crippen LogP contribution in [0, 0.1) is 19.8 Å². The van der Waals surface area contributed by atoms with Crippen LogP contribution < -0.4 is 0 Å². The molecular weight excluding hydrogens is 296 g/mol. The molecule has 6 nitrogen and oxygen atoms in total. The summed E-state index contributed by atoms with van der Waals surface area (Å²) in [6.45, 7) is 9.11. The van der Waals surface area contributed by atoms with Crippen LogP contribution in [0.4, 0.5) is 0 Å². The second-order valence-corrected chi connectivity index (χ2v) is 5.99. The average molecular weight is 322 g/mol. The molecule has 1 amide bonds. The number of hydrogen-bond donors (Lipinski definition) is 0. The van der Waals surface area contributed by atoms with Crippen molar-refractivity contribution in [3.05, 3.63) is 22.5 Å². The third-order valence-electron chi connectivity index (χ3n) is 3.93. The first-order valence-electron chi connectivity index (χ1n) is 7.74. The molecule has 1 rings (SSSR count). The maximum atomic E-state index is 12.6. The molecule has 0 saturated carbocycles. The van der Waals surface area contributed by atoms with Crippen molar-refractivity contribution in [1.29, 1.82) is 0 Å². The van der Waals surface area contributed by atoms with Crippen LogP contribution in [0.25, 0.3) is 0 Å². The van der Waals surface area contributed by atoms with Crippen LogP contribution in [0.1, 0.15) is 52.9 Å². The van der Waals surface area contributed by atoms with Gasteiger partial charge in [0.1, 0.15) is 5.69 Å². The molecule has 0 fully saturated rings. The lowest BCUT2D eigenvalue weighted by atomic mass is 10.0. The summed E-state index contributed by atoms with van der Waals surface area (Å²) in [4.78, 5) is 38.0. The SMILES string of the molecule is CCOC(=O)c1c(C)c(C(=O)CN(C)C(=O)C(C)C)c(C)n1C. The van der Waals surface area contributed by atoms with E-state index in [4.69, 9.17) is 4.74 Å². The number of carbonyl (C=O) groups excluding carboxylic acids is 3. The first-order valence-corrected chi connectivity index (χ1v) is 7.74. The van der Waals surface area contributed by atoms with Crippen LogP contribution in [0.5, 0.6) is 0 Å². The first-order chi connectivity index (χ1) is 10.6. The molecule has 0 aliphatic heterocycles. The van der Waals surface area contributed by atoms with Crippen molar-refractivity contribution in [2.75, 3.05) is 20.2 Å². The first kappa shape index (κ1) is 18.9. The van der Waals surface area contributed by atoms with E-state index in [1.54, 1.807) is 53.3 Å². The molecule has 0 N–H and O–H groups in total. The highest BCUT2D eigenvalue weighted by Crippen LogP contribution is 2.23. The molecule has 0 aromatic carbocycles. The number of ketones is 1. The largest absolute Gasteiger partial charge is 0.461 e. The molecule has 1 heterocycles. The Morgan fingerprint density at radius 2 is 1.78 bits per heavy atom. The molecule has 23 heavy (non-hydrogen) atoms. The van der Waals surface area contributed by atoms with Crippen LogP contribution in [0.3, 0.4) is 0 Å². The number of Topliss-reactive ketones (excluding diaryl/α,β-unsaturated/α-hetero) is 1. The molecule has 0 aliphatic rings. The number of carbonyl (C=O) groups is 3. The molecular formula is C17H26N2O4. The highest BCUT2D eigenvalue weighted by molar-refractivity contribution is 6.04. The Bertz CT molecular complexity index is 629. The summed E-state index contributed by atoms with van der Waals surface area (Å²) in [6.07, 6.45) is 0. The van der Waals surface area contributed by atoms with Crippen LogP contribution in [0.15, 0.2) is 0 Å². The third-order valence-corrected chi connectivity index (χ3v) is 3.93. The van der Waals surface area contributed by atoms with E-state index in [-0.39, 0.29) is 30.8 Å². The molecule has 0 spiro atoms. The minimum atomic E-state index is -0.443. The quantitative estimate of drug-likeness (QED) is 0.594. The van der Waals surface area contributed by atoms with Gasteiger partial charge in [-0.15, -0.1) is 0 Å². The van der Waals surface area contributed by atoms with E-state index in [1.165, 1.54) is 4.90 Å². The molecule has 1 aromatic rings. The second-order valence-electron chi connectivity index (χ2n) is 5.99. The van der Waals surface area contributed by atoms with Crippen molar-refractivity contribution in [2.45, 2.75) is 34.6 Å². The molecule has 1 aromatic heterocycles. The van der Waals surface area contributed by atoms with Gasteiger partial charge in [-0.3, -0.25) is 9.59 Å². The number of aromatic nitrogens is 1. The number of likely N-dealkylation sites (N-methyl/N-ethyl adjacent to an activating group) is 1. The molecule has 0 atom stereocenters. The molecule has 0 aliphatic carbocycles. The maximum Gasteiger partial charge on any atom is 0.355 e. The summed E-state index contributed by atoms with van der Waals surface area (Å²) < 4.78 is 6.72. The van der Waals surface area contributed by atoms with Gasteiger partial charge in [0, 0.05) is 31.3 Å². The number of esters is 1. The second kappa shape index (κ2) is 7.44. The molecule has 6 heteroatoms. The Hall–Kier alpha value is -2.11. The van der Waals surface area contributed by atoms with Crippen LogP contribution in [0.2, 0.25) is 0 Å². The minimum Gasteiger partial charge on any atom is -0.461 e. The Kier molecular flexibility index (Phi) is 6.12. The smallest absolute Gasteiger partial charge is 0.355 e. The van der Waals surface area contributed by atoms with Crippen molar-refractivity contribution in [2.24, 2.45) is 13.0 Å². The van der Waals surface area contributed by atoms with E-state index in [0.717, 1.165) is 0 Å². The monoisotopic (exact) mass is 322 g/mol. The Morgan fingerprint density at radius 1 is 1.22 bits per heavy atom. The predicted octanol–water partition coefficient (Wildman–Crippen LogP) is 2.12. The maximum absolute atomic E-state index is 12.6. The lowest BCUT2D eigenvalue weighted by Crippen LogP contribution is -2.35. The fourth-order valence-corrected chi connectivity index (χ4v) is 2.69. The van der Waals surface area contributed by atoms with Gasteiger partial charge in [-0.05, 0) is 26.3 Å². The van der Waals surface area contributed by atoms with Gasteiger partial charge in [0.2, 0.25) is 5.91 Å². The van der Waals surface area contributed by atoms with E-state index in [1.807, 2.05) is 0 Å². The van der Waals surface area contributed by atoms with Crippen LogP contribution in [-0.4, -0.2) is 47.3 Å². The fourth-order valence-electron chi connectivity index (χ4n) is 2.69. The molecule has 0 unspecified atom stereocenters. The number of ether oxygens (including phenoxy) is 1. The van der Waals surface area contributed by atoms with Gasteiger partial charge in [-0.2, -0.15) is 0 Å². The highest BCUT2D eigenvalue weighted by atomic mass is 16.5. The number of nitrogens with zero attached hydrogens (tertiary/aromatic N) is 2. The molecule has 0 saturated heterocycles. The third kappa shape index (κ3) is 3.81. The van der Waals surface area contributed by atoms with Gasteiger partial charge in [-0.1, -0.05) is 13.8 Å². The van der Waals surface area contributed by atoms with E-state index >= 15 is 0 Å². The van der Waals surface area contributed by atoms with Crippen molar-refractivity contribution in [3.63, 3.8) is 0 Å². The Morgan fingerprint density at radius 3 is 2.26 bits per heavy atom. The van der Waals surface area contributed by atoms with Crippen LogP contribution in [-0.2, 0) is 16.6 Å². The normalized spacial score (nSPS) is 10.8. The summed E-state index contributed by atoms with van der Waals surface area (Å²) in [7, 11) is 3.34. The Balaban J connectivity index is 3.14. The molecule has 0 radical (unpaired) electrons. The molecule has 128 valence electrons. The van der Waals surface area contributed by atoms with Gasteiger partial charge < -0.3 is 14.2 Å². The van der Waals surface area contributed by atoms with Gasteiger partial charge in [0.15, 0.2) is 5.78 Å². The summed E-state index contributed by atoms with van der Waals surface area (Å²) in [5, 5.41) is 0. The topological polar surface area (TPSA) is 68.6 Å². The summed E-state index contributed by atoms with van der Waals surface area (Å²) >= 11 is 0. The zero-order chi connectivity index (χ0) is 17.9. The van der Waals surface area contributed by atoms with Gasteiger partial charge >= 0.3 is 5.97 Å². The molecule has 0 bridgehead atoms. The van der Waals surface area contributed by atoms with Gasteiger partial charge in [0.05, 0.1) is 13.2 Å². The zero-order valence-electron chi connectivity index (χ0n) is 15.0. The Labute approximate surface area is 137 Å². The van der Waals surface area contributed by atoms with E-state index in [2.05, 4.69) is 0 Å². The number of amides is 1. The average Bonchev–Trinajstić information content (AvgIpc) is 2.68. The van der Waals surface area contributed by atoms with E-state index in [9.17, 15) is 14.4 Å². The van der Waals surface area contributed by atoms with Crippen molar-refractivity contribution < 1.29 is 19.1 Å². The summed E-state index contributed by atoms with van der Waals surface area (Å²) in [5.41, 5.74) is 2.16. The highest BCUT2D eigenvalue weighted by Gasteiger charge is 2.27. The summed E-state index contributed by atoms with van der Waals surface area (Å²) in [5.74, 6) is -0.875. The van der Waals surface area contributed by atoms with Crippen molar-refractivity contribution in [1.82, 2.24) is 9.47 Å². The van der Waals surface area contributed by atoms with Gasteiger partial charge in [0.25, 0.3) is 0 Å². The number of hydrogen-bond acceptors (Lipinski definition) is 4. The van der Waals surface area contributed by atoms with Crippen LogP contribution >= 0.6 is 0 Å². The lowest BCUT2D eigenvalue weighted by molar-refractivity contribution is -0.132. The van der Waals surface area contributed by atoms with Crippen molar-refractivity contribution >= 4 is 17.7 Å². The van der Waals surface area contributed by atoms with Crippen molar-refractivity contribution in [3.8, 4) is 0 Å². The fraction of sp³-hybridized carbons (Fsp3) is 0.588. The van der Waals surface area contributed by atoms with E-state index < -0.39 is 5.97 Å². The van der Waals surface area contributed by atoms with Gasteiger partial charge in [-0.25, -0.2) is 4.79 Å².